The van der Waals surface area contributed by atoms with Gasteiger partial charge in [-0.25, -0.2) is 4.98 Å². The topological polar surface area (TPSA) is 24.9 Å². The third-order valence-electron chi connectivity index (χ3n) is 3.10. The van der Waals surface area contributed by atoms with Crippen LogP contribution in [-0.4, -0.2) is 29.1 Å². The van der Waals surface area contributed by atoms with Gasteiger partial charge in [-0.1, -0.05) is 6.42 Å². The fourth-order valence-corrected chi connectivity index (χ4v) is 4.49. The number of aromatic nitrogens is 1. The average molecular weight is 256 g/mol. The van der Waals surface area contributed by atoms with E-state index in [1.54, 1.807) is 11.3 Å². The number of hydrogen-bond donors (Lipinski definition) is 1. The maximum Gasteiger partial charge on any atom is 0.0944 e. The Hall–Kier alpha value is -0.0600. The van der Waals surface area contributed by atoms with Crippen molar-refractivity contribution in [2.75, 3.05) is 12.8 Å². The van der Waals surface area contributed by atoms with Crippen LogP contribution < -0.4 is 5.32 Å². The number of likely N-dealkylation sites (N-methyl/N-ethyl adjacent to an activating group) is 1. The third-order valence-corrected chi connectivity index (χ3v) is 5.60. The molecular formula is C12H20N2S2. The van der Waals surface area contributed by atoms with Crippen molar-refractivity contribution < 1.29 is 0 Å². The smallest absolute Gasteiger partial charge is 0.0944 e. The molecule has 2 nitrogen and oxygen atoms in total. The largest absolute Gasteiger partial charge is 0.315 e. The number of thioether (sulfide) groups is 1. The van der Waals surface area contributed by atoms with Crippen molar-refractivity contribution in [3.05, 3.63) is 16.1 Å². The zero-order chi connectivity index (χ0) is 11.4. The van der Waals surface area contributed by atoms with Gasteiger partial charge in [-0.2, -0.15) is 11.8 Å². The van der Waals surface area contributed by atoms with Gasteiger partial charge >= 0.3 is 0 Å². The molecule has 90 valence electrons. The van der Waals surface area contributed by atoms with Crippen LogP contribution in [0.4, 0.5) is 0 Å². The number of thiazole rings is 1. The summed E-state index contributed by atoms with van der Waals surface area (Å²) in [4.78, 5) is 4.56. The minimum atomic E-state index is 0.593. The standard InChI is InChI=1S/C12H20N2S2/c1-9-8-16-12(14-9)7-10(13-2)11-5-3-4-6-15-11/h8,10-11,13H,3-7H2,1-2H3. The zero-order valence-corrected chi connectivity index (χ0v) is 11.7. The van der Waals surface area contributed by atoms with Gasteiger partial charge in [-0.15, -0.1) is 11.3 Å². The molecule has 0 aliphatic carbocycles. The molecule has 1 N–H and O–H groups in total. The van der Waals surface area contributed by atoms with E-state index in [0.29, 0.717) is 6.04 Å². The summed E-state index contributed by atoms with van der Waals surface area (Å²) < 4.78 is 0. The lowest BCUT2D eigenvalue weighted by atomic mass is 10.0. The normalized spacial score (nSPS) is 23.2. The molecule has 0 radical (unpaired) electrons. The SMILES string of the molecule is CNC(Cc1nc(C)cs1)C1CCCCS1. The summed E-state index contributed by atoms with van der Waals surface area (Å²) >= 11 is 3.93. The number of aryl methyl sites for hydroxylation is 1. The van der Waals surface area contributed by atoms with Crippen molar-refractivity contribution in [1.29, 1.82) is 0 Å². The van der Waals surface area contributed by atoms with E-state index in [4.69, 9.17) is 0 Å². The first-order valence-electron chi connectivity index (χ1n) is 5.99. The highest BCUT2D eigenvalue weighted by molar-refractivity contribution is 8.00. The molecule has 0 bridgehead atoms. The summed E-state index contributed by atoms with van der Waals surface area (Å²) in [6.45, 7) is 2.07. The minimum Gasteiger partial charge on any atom is -0.315 e. The summed E-state index contributed by atoms with van der Waals surface area (Å²) in [5.41, 5.74) is 1.16. The van der Waals surface area contributed by atoms with Crippen LogP contribution in [-0.2, 0) is 6.42 Å². The first-order chi connectivity index (χ1) is 7.79. The van der Waals surface area contributed by atoms with E-state index in [1.165, 1.54) is 30.0 Å². The fourth-order valence-electron chi connectivity index (χ4n) is 2.19. The lowest BCUT2D eigenvalue weighted by Crippen LogP contribution is -2.38. The monoisotopic (exact) mass is 256 g/mol. The third kappa shape index (κ3) is 3.22. The number of hydrogen-bond acceptors (Lipinski definition) is 4. The molecule has 2 heterocycles. The van der Waals surface area contributed by atoms with Gasteiger partial charge in [0.1, 0.15) is 0 Å². The molecule has 1 fully saturated rings. The van der Waals surface area contributed by atoms with Crippen molar-refractivity contribution in [2.24, 2.45) is 0 Å². The maximum absolute atomic E-state index is 4.56. The number of nitrogens with zero attached hydrogens (tertiary/aromatic N) is 1. The van der Waals surface area contributed by atoms with Crippen LogP contribution in [0.5, 0.6) is 0 Å². The summed E-state index contributed by atoms with van der Waals surface area (Å²) in [5, 5.41) is 7.69. The van der Waals surface area contributed by atoms with E-state index in [2.05, 4.69) is 41.4 Å². The molecule has 1 aromatic heterocycles. The van der Waals surface area contributed by atoms with Crippen LogP contribution in [0.1, 0.15) is 30.0 Å². The zero-order valence-electron chi connectivity index (χ0n) is 10.0. The molecule has 1 aromatic rings. The second kappa shape index (κ2) is 6.03. The van der Waals surface area contributed by atoms with E-state index in [0.717, 1.165) is 17.4 Å². The molecule has 2 unspecified atom stereocenters. The van der Waals surface area contributed by atoms with Gasteiger partial charge in [-0.05, 0) is 32.6 Å². The Morgan fingerprint density at radius 2 is 2.44 bits per heavy atom. The summed E-state index contributed by atoms with van der Waals surface area (Å²) in [7, 11) is 2.08. The molecule has 1 saturated heterocycles. The van der Waals surface area contributed by atoms with E-state index < -0.39 is 0 Å². The van der Waals surface area contributed by atoms with Crippen LogP contribution in [0.2, 0.25) is 0 Å². The van der Waals surface area contributed by atoms with Crippen LogP contribution in [0.15, 0.2) is 5.38 Å². The Morgan fingerprint density at radius 1 is 1.56 bits per heavy atom. The molecule has 1 aliphatic rings. The highest BCUT2D eigenvalue weighted by Crippen LogP contribution is 2.29. The molecular weight excluding hydrogens is 236 g/mol. The predicted molar refractivity (Wildman–Crippen MR) is 73.5 cm³/mol. The van der Waals surface area contributed by atoms with Gasteiger partial charge in [-0.3, -0.25) is 0 Å². The van der Waals surface area contributed by atoms with Crippen LogP contribution in [0.25, 0.3) is 0 Å². The maximum atomic E-state index is 4.56. The van der Waals surface area contributed by atoms with Crippen molar-refractivity contribution in [3.8, 4) is 0 Å². The molecule has 4 heteroatoms. The molecule has 0 saturated carbocycles. The first kappa shape index (κ1) is 12.4. The number of rotatable bonds is 4. The van der Waals surface area contributed by atoms with Crippen LogP contribution in [0, 0.1) is 6.92 Å². The molecule has 0 amide bonds. The molecule has 2 rings (SSSR count). The van der Waals surface area contributed by atoms with Crippen molar-refractivity contribution >= 4 is 23.1 Å². The lowest BCUT2D eigenvalue weighted by molar-refractivity contribution is 0.494. The molecule has 0 spiro atoms. The number of nitrogens with one attached hydrogen (secondary N) is 1. The quantitative estimate of drug-likeness (QED) is 0.896. The first-order valence-corrected chi connectivity index (χ1v) is 7.92. The average Bonchev–Trinajstić information content (AvgIpc) is 2.73. The van der Waals surface area contributed by atoms with Crippen molar-refractivity contribution in [2.45, 2.75) is 43.9 Å². The second-order valence-corrected chi connectivity index (χ2v) is 6.68. The van der Waals surface area contributed by atoms with E-state index >= 15 is 0 Å². The Bertz CT molecular complexity index is 319. The van der Waals surface area contributed by atoms with Gasteiger partial charge in [0.05, 0.1) is 5.01 Å². The summed E-state index contributed by atoms with van der Waals surface area (Å²) in [5.74, 6) is 1.33. The van der Waals surface area contributed by atoms with Gasteiger partial charge in [0, 0.05) is 28.8 Å². The van der Waals surface area contributed by atoms with Gasteiger partial charge < -0.3 is 5.32 Å². The fraction of sp³-hybridized carbons (Fsp3) is 0.750. The van der Waals surface area contributed by atoms with Crippen LogP contribution >= 0.6 is 23.1 Å². The van der Waals surface area contributed by atoms with Gasteiger partial charge in [0.2, 0.25) is 0 Å². The highest BCUT2D eigenvalue weighted by Gasteiger charge is 2.23. The molecule has 1 aliphatic heterocycles. The van der Waals surface area contributed by atoms with Gasteiger partial charge in [0.25, 0.3) is 0 Å². The molecule has 16 heavy (non-hydrogen) atoms. The Kier molecular flexibility index (Phi) is 4.67. The predicted octanol–water partition coefficient (Wildman–Crippen LogP) is 2.87. The minimum absolute atomic E-state index is 0.593. The summed E-state index contributed by atoms with van der Waals surface area (Å²) in [6.07, 6.45) is 5.24. The lowest BCUT2D eigenvalue weighted by Gasteiger charge is -2.29. The van der Waals surface area contributed by atoms with E-state index in [-0.39, 0.29) is 0 Å². The van der Waals surface area contributed by atoms with E-state index in [1.807, 2.05) is 0 Å². The summed E-state index contributed by atoms with van der Waals surface area (Å²) in [6, 6.07) is 0.593. The van der Waals surface area contributed by atoms with E-state index in [9.17, 15) is 0 Å². The van der Waals surface area contributed by atoms with Crippen molar-refractivity contribution in [3.63, 3.8) is 0 Å². The highest BCUT2D eigenvalue weighted by atomic mass is 32.2. The van der Waals surface area contributed by atoms with Crippen molar-refractivity contribution in [1.82, 2.24) is 10.3 Å². The Labute approximate surface area is 106 Å². The Morgan fingerprint density at radius 3 is 3.00 bits per heavy atom. The van der Waals surface area contributed by atoms with Gasteiger partial charge in [0.15, 0.2) is 0 Å². The second-order valence-electron chi connectivity index (χ2n) is 4.39. The molecule has 2 atom stereocenters. The molecule has 0 aromatic carbocycles. The van der Waals surface area contributed by atoms with Crippen LogP contribution in [0.3, 0.4) is 0 Å². The Balaban J connectivity index is 1.94.